The average molecular weight is 377 g/mol. The maximum absolute atomic E-state index is 12.7. The molecule has 0 aliphatic carbocycles. The van der Waals surface area contributed by atoms with Crippen molar-refractivity contribution in [3.05, 3.63) is 59.3 Å². The van der Waals surface area contributed by atoms with Gasteiger partial charge in [0.1, 0.15) is 17.3 Å². The molecule has 1 fully saturated rings. The normalized spacial score (nSPS) is 15.0. The summed E-state index contributed by atoms with van der Waals surface area (Å²) in [5, 5.41) is 4.05. The van der Waals surface area contributed by atoms with Crippen molar-refractivity contribution in [3.63, 3.8) is 0 Å². The monoisotopic (exact) mass is 377 g/mol. The lowest BCUT2D eigenvalue weighted by atomic mass is 9.91. The number of carbonyl (C=O) groups is 1. The molecule has 144 valence electrons. The molecule has 4 heterocycles. The van der Waals surface area contributed by atoms with E-state index in [2.05, 4.69) is 26.2 Å². The molecule has 1 amide bonds. The van der Waals surface area contributed by atoms with E-state index in [1.807, 2.05) is 31.0 Å². The van der Waals surface area contributed by atoms with Crippen molar-refractivity contribution < 1.29 is 9.32 Å². The van der Waals surface area contributed by atoms with Crippen molar-refractivity contribution in [2.75, 3.05) is 13.1 Å². The van der Waals surface area contributed by atoms with Crippen LogP contribution in [-0.4, -0.2) is 44.0 Å². The van der Waals surface area contributed by atoms with Crippen LogP contribution in [0.3, 0.4) is 0 Å². The van der Waals surface area contributed by atoms with E-state index >= 15 is 0 Å². The number of likely N-dealkylation sites (tertiary alicyclic amines) is 1. The van der Waals surface area contributed by atoms with Crippen molar-refractivity contribution in [1.29, 1.82) is 0 Å². The molecule has 0 unspecified atom stereocenters. The molecule has 28 heavy (non-hydrogen) atoms. The van der Waals surface area contributed by atoms with Crippen LogP contribution < -0.4 is 0 Å². The fraction of sp³-hybridized carbons (Fsp3) is 0.381. The Balaban J connectivity index is 1.47. The van der Waals surface area contributed by atoms with Crippen molar-refractivity contribution in [2.45, 2.75) is 39.5 Å². The van der Waals surface area contributed by atoms with Crippen LogP contribution in [0.5, 0.6) is 0 Å². The van der Waals surface area contributed by atoms with E-state index in [1.165, 1.54) is 0 Å². The van der Waals surface area contributed by atoms with Crippen LogP contribution in [0.2, 0.25) is 0 Å². The second-order valence-electron chi connectivity index (χ2n) is 7.22. The summed E-state index contributed by atoms with van der Waals surface area (Å²) in [6.07, 6.45) is 5.24. The third kappa shape index (κ3) is 3.52. The zero-order valence-electron chi connectivity index (χ0n) is 16.3. The number of hydrogen-bond donors (Lipinski definition) is 0. The number of pyridine rings is 1. The fourth-order valence-corrected chi connectivity index (χ4v) is 3.84. The SMILES string of the molecule is Cc1nccc(C(=O)N2CCC(c3cc(-c4c(C)noc4C)ccn3)CC2)n1. The number of piperidine rings is 1. The van der Waals surface area contributed by atoms with E-state index in [0.717, 1.165) is 41.1 Å². The lowest BCUT2D eigenvalue weighted by Crippen LogP contribution is -2.38. The van der Waals surface area contributed by atoms with E-state index in [1.54, 1.807) is 19.2 Å². The third-order valence-electron chi connectivity index (χ3n) is 5.30. The largest absolute Gasteiger partial charge is 0.361 e. The fourth-order valence-electron chi connectivity index (χ4n) is 3.84. The van der Waals surface area contributed by atoms with Crippen molar-refractivity contribution in [2.24, 2.45) is 0 Å². The van der Waals surface area contributed by atoms with Crippen molar-refractivity contribution in [3.8, 4) is 11.1 Å². The first-order valence-electron chi connectivity index (χ1n) is 9.51. The Hall–Kier alpha value is -3.09. The lowest BCUT2D eigenvalue weighted by Gasteiger charge is -2.31. The van der Waals surface area contributed by atoms with Crippen molar-refractivity contribution in [1.82, 2.24) is 25.0 Å². The topological polar surface area (TPSA) is 85.0 Å². The first-order chi connectivity index (χ1) is 13.5. The van der Waals surface area contributed by atoms with Gasteiger partial charge in [0.05, 0.1) is 5.69 Å². The number of nitrogens with zero attached hydrogens (tertiary/aromatic N) is 5. The number of amides is 1. The average Bonchev–Trinajstić information content (AvgIpc) is 3.06. The van der Waals surface area contributed by atoms with Crippen LogP contribution in [0.15, 0.2) is 35.1 Å². The molecule has 0 saturated carbocycles. The highest BCUT2D eigenvalue weighted by molar-refractivity contribution is 5.92. The second-order valence-corrected chi connectivity index (χ2v) is 7.22. The zero-order chi connectivity index (χ0) is 19.7. The minimum Gasteiger partial charge on any atom is -0.361 e. The summed E-state index contributed by atoms with van der Waals surface area (Å²) in [6, 6.07) is 5.80. The highest BCUT2D eigenvalue weighted by Crippen LogP contribution is 2.32. The van der Waals surface area contributed by atoms with Gasteiger partial charge in [0.15, 0.2) is 0 Å². The van der Waals surface area contributed by atoms with Crippen LogP contribution >= 0.6 is 0 Å². The maximum atomic E-state index is 12.7. The summed E-state index contributed by atoms with van der Waals surface area (Å²) in [5.41, 5.74) is 4.52. The summed E-state index contributed by atoms with van der Waals surface area (Å²) in [4.78, 5) is 27.5. The summed E-state index contributed by atoms with van der Waals surface area (Å²) in [6.45, 7) is 7.06. The molecule has 0 atom stereocenters. The predicted molar refractivity (Wildman–Crippen MR) is 104 cm³/mol. The van der Waals surface area contributed by atoms with E-state index in [9.17, 15) is 4.79 Å². The van der Waals surface area contributed by atoms with E-state index in [4.69, 9.17) is 4.52 Å². The van der Waals surface area contributed by atoms with Crippen LogP contribution in [0, 0.1) is 20.8 Å². The van der Waals surface area contributed by atoms with Gasteiger partial charge in [-0.25, -0.2) is 9.97 Å². The molecule has 0 bridgehead atoms. The number of rotatable bonds is 3. The smallest absolute Gasteiger partial charge is 0.272 e. The Labute approximate surface area is 163 Å². The number of hydrogen-bond acceptors (Lipinski definition) is 6. The predicted octanol–water partition coefficient (Wildman–Crippen LogP) is 3.47. The molecule has 0 radical (unpaired) electrons. The van der Waals surface area contributed by atoms with Gasteiger partial charge < -0.3 is 9.42 Å². The number of aryl methyl sites for hydroxylation is 3. The van der Waals surface area contributed by atoms with Gasteiger partial charge >= 0.3 is 0 Å². The summed E-state index contributed by atoms with van der Waals surface area (Å²) < 4.78 is 5.30. The maximum Gasteiger partial charge on any atom is 0.272 e. The van der Waals surface area contributed by atoms with Crippen LogP contribution in [-0.2, 0) is 0 Å². The van der Waals surface area contributed by atoms with E-state index < -0.39 is 0 Å². The van der Waals surface area contributed by atoms with Crippen LogP contribution in [0.4, 0.5) is 0 Å². The molecule has 1 aliphatic rings. The molecular formula is C21H23N5O2. The minimum atomic E-state index is -0.0265. The van der Waals surface area contributed by atoms with Crippen LogP contribution in [0.25, 0.3) is 11.1 Å². The van der Waals surface area contributed by atoms with Gasteiger partial charge in [0.2, 0.25) is 0 Å². The third-order valence-corrected chi connectivity index (χ3v) is 5.30. The molecule has 7 nitrogen and oxygen atoms in total. The Morgan fingerprint density at radius 3 is 2.54 bits per heavy atom. The molecule has 1 saturated heterocycles. The lowest BCUT2D eigenvalue weighted by molar-refractivity contribution is 0.0705. The number of carbonyl (C=O) groups excluding carboxylic acids is 1. The van der Waals surface area contributed by atoms with Gasteiger partial charge in [-0.05, 0) is 57.4 Å². The van der Waals surface area contributed by atoms with Gasteiger partial charge in [-0.2, -0.15) is 0 Å². The number of aromatic nitrogens is 4. The van der Waals surface area contributed by atoms with Gasteiger partial charge in [0.25, 0.3) is 5.91 Å². The first kappa shape index (κ1) is 18.3. The molecule has 3 aromatic rings. The molecule has 1 aliphatic heterocycles. The molecule has 4 rings (SSSR count). The molecular weight excluding hydrogens is 354 g/mol. The van der Waals surface area contributed by atoms with Gasteiger partial charge in [-0.15, -0.1) is 0 Å². The molecule has 3 aromatic heterocycles. The molecule has 7 heteroatoms. The quantitative estimate of drug-likeness (QED) is 0.695. The summed E-state index contributed by atoms with van der Waals surface area (Å²) >= 11 is 0. The minimum absolute atomic E-state index is 0.0265. The van der Waals surface area contributed by atoms with Gasteiger partial charge in [-0.3, -0.25) is 9.78 Å². The summed E-state index contributed by atoms with van der Waals surface area (Å²) in [7, 11) is 0. The Morgan fingerprint density at radius 1 is 1.11 bits per heavy atom. The first-order valence-corrected chi connectivity index (χ1v) is 9.51. The van der Waals surface area contributed by atoms with Gasteiger partial charge in [0, 0.05) is 42.7 Å². The van der Waals surface area contributed by atoms with Crippen molar-refractivity contribution >= 4 is 5.91 Å². The Bertz CT molecular complexity index is 986. The zero-order valence-corrected chi connectivity index (χ0v) is 16.3. The Kier molecular flexibility index (Phi) is 4.90. The summed E-state index contributed by atoms with van der Waals surface area (Å²) in [5.74, 6) is 1.73. The van der Waals surface area contributed by atoms with Crippen LogP contribution in [0.1, 0.15) is 52.2 Å². The second kappa shape index (κ2) is 7.50. The molecule has 0 spiro atoms. The van der Waals surface area contributed by atoms with E-state index in [-0.39, 0.29) is 5.91 Å². The highest BCUT2D eigenvalue weighted by atomic mass is 16.5. The molecule has 0 N–H and O–H groups in total. The van der Waals surface area contributed by atoms with E-state index in [0.29, 0.717) is 30.5 Å². The molecule has 0 aromatic carbocycles. The Morgan fingerprint density at radius 2 is 1.86 bits per heavy atom. The standard InChI is InChI=1S/C21H23N5O2/c1-13-20(14(2)28-25-13)17-4-8-23-19(12-17)16-6-10-26(11-7-16)21(27)18-5-9-22-15(3)24-18/h4-5,8-9,12,16H,6-7,10-11H2,1-3H3. The highest BCUT2D eigenvalue weighted by Gasteiger charge is 2.26. The van der Waals surface area contributed by atoms with Gasteiger partial charge in [-0.1, -0.05) is 5.16 Å².